The van der Waals surface area contributed by atoms with Gasteiger partial charge in [-0.2, -0.15) is 0 Å². The van der Waals surface area contributed by atoms with Gasteiger partial charge in [-0.3, -0.25) is 4.79 Å². The first-order chi connectivity index (χ1) is 6.79. The summed E-state index contributed by atoms with van der Waals surface area (Å²) in [4.78, 5) is 13.9. The van der Waals surface area contributed by atoms with Crippen LogP contribution in [0.25, 0.3) is 0 Å². The zero-order chi connectivity index (χ0) is 11.8. The molecule has 15 heavy (non-hydrogen) atoms. The quantitative estimate of drug-likeness (QED) is 0.769. The molecule has 1 rings (SSSR count). The molecule has 1 aliphatic rings. The van der Waals surface area contributed by atoms with Crippen LogP contribution in [-0.2, 0) is 4.79 Å². The van der Waals surface area contributed by atoms with Crippen LogP contribution < -0.4 is 5.73 Å². The van der Waals surface area contributed by atoms with Gasteiger partial charge in [0.2, 0.25) is 5.91 Å². The minimum atomic E-state index is -0.0835. The van der Waals surface area contributed by atoms with Crippen LogP contribution in [-0.4, -0.2) is 29.9 Å². The van der Waals surface area contributed by atoms with Crippen molar-refractivity contribution in [3.63, 3.8) is 0 Å². The Morgan fingerprint density at radius 2 is 1.80 bits per heavy atom. The molecule has 0 radical (unpaired) electrons. The average molecular weight is 212 g/mol. The summed E-state index contributed by atoms with van der Waals surface area (Å²) in [6.45, 7) is 8.18. The highest BCUT2D eigenvalue weighted by Gasteiger charge is 2.45. The molecule has 1 saturated carbocycles. The molecule has 0 saturated heterocycles. The lowest BCUT2D eigenvalue weighted by atomic mass is 9.96. The summed E-state index contributed by atoms with van der Waals surface area (Å²) >= 11 is 0. The molecule has 1 aliphatic carbocycles. The predicted molar refractivity (Wildman–Crippen MR) is 62.4 cm³/mol. The van der Waals surface area contributed by atoms with Crippen LogP contribution in [0.5, 0.6) is 0 Å². The van der Waals surface area contributed by atoms with Crippen LogP contribution in [0.2, 0.25) is 0 Å². The minimum Gasteiger partial charge on any atom is -0.342 e. The smallest absolute Gasteiger partial charge is 0.226 e. The van der Waals surface area contributed by atoms with Crippen LogP contribution in [0.15, 0.2) is 0 Å². The standard InChI is InChI=1S/C12H24N2O/c1-8(9(2)13)11(15)14(5)10(3)12(4)6-7-12/h8-10H,6-7,13H2,1-5H3. The SMILES string of the molecule is CC(N)C(C)C(=O)N(C)C(C)C1(C)CC1. The zero-order valence-electron chi connectivity index (χ0n) is 10.6. The van der Waals surface area contributed by atoms with Gasteiger partial charge < -0.3 is 10.6 Å². The lowest BCUT2D eigenvalue weighted by molar-refractivity contribution is -0.137. The Hall–Kier alpha value is -0.570. The second kappa shape index (κ2) is 4.12. The van der Waals surface area contributed by atoms with Gasteiger partial charge >= 0.3 is 0 Å². The van der Waals surface area contributed by atoms with E-state index in [0.29, 0.717) is 11.5 Å². The maximum absolute atomic E-state index is 12.0. The van der Waals surface area contributed by atoms with E-state index in [2.05, 4.69) is 13.8 Å². The molecular weight excluding hydrogens is 188 g/mol. The largest absolute Gasteiger partial charge is 0.342 e. The van der Waals surface area contributed by atoms with Crippen molar-refractivity contribution in [3.8, 4) is 0 Å². The number of nitrogens with two attached hydrogens (primary N) is 1. The van der Waals surface area contributed by atoms with Crippen LogP contribution in [0.3, 0.4) is 0 Å². The molecule has 0 spiro atoms. The molecule has 88 valence electrons. The van der Waals surface area contributed by atoms with Gasteiger partial charge in [0.25, 0.3) is 0 Å². The van der Waals surface area contributed by atoms with Crippen molar-refractivity contribution < 1.29 is 4.79 Å². The van der Waals surface area contributed by atoms with Crippen molar-refractivity contribution in [2.24, 2.45) is 17.1 Å². The summed E-state index contributed by atoms with van der Waals surface area (Å²) in [6.07, 6.45) is 2.47. The lowest BCUT2D eigenvalue weighted by Crippen LogP contribution is -2.46. The van der Waals surface area contributed by atoms with Gasteiger partial charge in [0.1, 0.15) is 0 Å². The first-order valence-electron chi connectivity index (χ1n) is 5.82. The minimum absolute atomic E-state index is 0.0702. The molecule has 0 aromatic carbocycles. The van der Waals surface area contributed by atoms with Crippen LogP contribution in [0.4, 0.5) is 0 Å². The van der Waals surface area contributed by atoms with E-state index in [1.54, 1.807) is 0 Å². The normalized spacial score (nSPS) is 24.1. The number of nitrogens with zero attached hydrogens (tertiary/aromatic N) is 1. The van der Waals surface area contributed by atoms with Gasteiger partial charge in [-0.25, -0.2) is 0 Å². The van der Waals surface area contributed by atoms with Gasteiger partial charge in [0.15, 0.2) is 0 Å². The summed E-state index contributed by atoms with van der Waals surface area (Å²) in [5.41, 5.74) is 6.10. The van der Waals surface area contributed by atoms with Gasteiger partial charge in [-0.15, -0.1) is 0 Å². The molecule has 1 fully saturated rings. The number of amides is 1. The first-order valence-corrected chi connectivity index (χ1v) is 5.82. The third-order valence-corrected chi connectivity index (χ3v) is 4.15. The molecule has 0 aliphatic heterocycles. The van der Waals surface area contributed by atoms with E-state index in [1.807, 2.05) is 25.8 Å². The Balaban J connectivity index is 2.59. The Morgan fingerprint density at radius 1 is 1.33 bits per heavy atom. The molecule has 3 heteroatoms. The maximum atomic E-state index is 12.0. The van der Waals surface area contributed by atoms with Crippen molar-refractivity contribution in [3.05, 3.63) is 0 Å². The maximum Gasteiger partial charge on any atom is 0.226 e. The third-order valence-electron chi connectivity index (χ3n) is 4.15. The summed E-state index contributed by atoms with van der Waals surface area (Å²) < 4.78 is 0. The highest BCUT2D eigenvalue weighted by atomic mass is 16.2. The molecular formula is C12H24N2O. The van der Waals surface area contributed by atoms with E-state index in [0.717, 1.165) is 0 Å². The topological polar surface area (TPSA) is 46.3 Å². The van der Waals surface area contributed by atoms with Crippen LogP contribution >= 0.6 is 0 Å². The van der Waals surface area contributed by atoms with Crippen LogP contribution in [0.1, 0.15) is 40.5 Å². The Bertz CT molecular complexity index is 246. The van der Waals surface area contributed by atoms with Crippen LogP contribution in [0, 0.1) is 11.3 Å². The number of rotatable bonds is 4. The summed E-state index contributed by atoms with van der Waals surface area (Å²) in [6, 6.07) is 0.255. The van der Waals surface area contributed by atoms with E-state index < -0.39 is 0 Å². The molecule has 3 nitrogen and oxygen atoms in total. The molecule has 3 atom stereocenters. The van der Waals surface area contributed by atoms with E-state index in [9.17, 15) is 4.79 Å². The fraction of sp³-hybridized carbons (Fsp3) is 0.917. The summed E-state index contributed by atoms with van der Waals surface area (Å²) in [5, 5.41) is 0. The Kier molecular flexibility index (Phi) is 3.44. The fourth-order valence-electron chi connectivity index (χ4n) is 1.82. The summed E-state index contributed by atoms with van der Waals surface area (Å²) in [5.74, 6) is 0.0884. The monoisotopic (exact) mass is 212 g/mol. The van der Waals surface area contributed by atoms with Gasteiger partial charge in [-0.05, 0) is 32.1 Å². The van der Waals surface area contributed by atoms with Gasteiger partial charge in [0.05, 0.1) is 5.92 Å². The van der Waals surface area contributed by atoms with Gasteiger partial charge in [0, 0.05) is 19.1 Å². The molecule has 0 bridgehead atoms. The van der Waals surface area contributed by atoms with Crippen molar-refractivity contribution >= 4 is 5.91 Å². The predicted octanol–water partition coefficient (Wildman–Crippen LogP) is 1.62. The molecule has 0 aromatic rings. The second-order valence-electron chi connectivity index (χ2n) is 5.43. The fourth-order valence-corrected chi connectivity index (χ4v) is 1.82. The number of carbonyl (C=O) groups is 1. The van der Waals surface area contributed by atoms with Crippen molar-refractivity contribution in [2.45, 2.75) is 52.6 Å². The van der Waals surface area contributed by atoms with E-state index in [1.165, 1.54) is 12.8 Å². The van der Waals surface area contributed by atoms with Crippen molar-refractivity contribution in [2.75, 3.05) is 7.05 Å². The van der Waals surface area contributed by atoms with Gasteiger partial charge in [-0.1, -0.05) is 13.8 Å². The molecule has 0 heterocycles. The van der Waals surface area contributed by atoms with Crippen molar-refractivity contribution in [1.29, 1.82) is 0 Å². The Labute approximate surface area is 93.0 Å². The summed E-state index contributed by atoms with van der Waals surface area (Å²) in [7, 11) is 1.90. The molecule has 1 amide bonds. The molecule has 0 aromatic heterocycles. The number of carbonyl (C=O) groups excluding carboxylic acids is 1. The first kappa shape index (κ1) is 12.5. The number of hydrogen-bond acceptors (Lipinski definition) is 2. The Morgan fingerprint density at radius 3 is 2.13 bits per heavy atom. The number of hydrogen-bond donors (Lipinski definition) is 1. The third kappa shape index (κ3) is 2.51. The molecule has 2 N–H and O–H groups in total. The van der Waals surface area contributed by atoms with E-state index >= 15 is 0 Å². The van der Waals surface area contributed by atoms with E-state index in [-0.39, 0.29) is 17.9 Å². The van der Waals surface area contributed by atoms with E-state index in [4.69, 9.17) is 5.73 Å². The van der Waals surface area contributed by atoms with Crippen molar-refractivity contribution in [1.82, 2.24) is 4.90 Å². The average Bonchev–Trinajstić information content (AvgIpc) is 2.93. The lowest BCUT2D eigenvalue weighted by Gasteiger charge is -2.32. The highest BCUT2D eigenvalue weighted by molar-refractivity contribution is 5.79. The molecule has 3 unspecified atom stereocenters. The second-order valence-corrected chi connectivity index (χ2v) is 5.43. The zero-order valence-corrected chi connectivity index (χ0v) is 10.6. The highest BCUT2D eigenvalue weighted by Crippen LogP contribution is 2.49.